The predicted molar refractivity (Wildman–Crippen MR) is 80.1 cm³/mol. The van der Waals surface area contributed by atoms with Gasteiger partial charge in [0.25, 0.3) is 0 Å². The summed E-state index contributed by atoms with van der Waals surface area (Å²) in [6.07, 6.45) is 0. The number of carbonyl (C=O) groups is 1. The zero-order valence-electron chi connectivity index (χ0n) is 11.2. The van der Waals surface area contributed by atoms with Crippen molar-refractivity contribution in [2.75, 3.05) is 36.9 Å². The summed E-state index contributed by atoms with van der Waals surface area (Å²) in [5.41, 5.74) is 4.99. The van der Waals surface area contributed by atoms with Crippen molar-refractivity contribution in [1.29, 1.82) is 0 Å². The molecule has 0 bridgehead atoms. The molecule has 0 radical (unpaired) electrons. The lowest BCUT2D eigenvalue weighted by Crippen LogP contribution is -2.20. The van der Waals surface area contributed by atoms with Crippen molar-refractivity contribution in [3.63, 3.8) is 0 Å². The van der Waals surface area contributed by atoms with Crippen LogP contribution in [-0.2, 0) is 9.53 Å². The molecule has 0 saturated carbocycles. The summed E-state index contributed by atoms with van der Waals surface area (Å²) in [7, 11) is 0. The van der Waals surface area contributed by atoms with Gasteiger partial charge in [-0.3, -0.25) is 4.79 Å². The number of carbonyl (C=O) groups excluding carboxylic acids is 1. The second-order valence-electron chi connectivity index (χ2n) is 4.01. The number of nitrogens with two attached hydrogens (primary N) is 1. The first-order valence-electron chi connectivity index (χ1n) is 6.29. The van der Waals surface area contributed by atoms with Crippen LogP contribution in [0.1, 0.15) is 6.92 Å². The number of ether oxygens (including phenoxy) is 1. The smallest absolute Gasteiger partial charge is 0.243 e. The summed E-state index contributed by atoms with van der Waals surface area (Å²) in [6, 6.07) is 1.97. The van der Waals surface area contributed by atoms with Gasteiger partial charge in [0.2, 0.25) is 11.9 Å². The summed E-state index contributed by atoms with van der Waals surface area (Å²) >= 11 is 1.57. The van der Waals surface area contributed by atoms with Crippen LogP contribution in [0.2, 0.25) is 0 Å². The molecule has 2 aromatic heterocycles. The van der Waals surface area contributed by atoms with Gasteiger partial charge in [-0.2, -0.15) is 4.98 Å². The summed E-state index contributed by atoms with van der Waals surface area (Å²) in [4.78, 5) is 20.3. The molecule has 0 aromatic carbocycles. The Morgan fingerprint density at radius 2 is 2.30 bits per heavy atom. The van der Waals surface area contributed by atoms with E-state index in [0.29, 0.717) is 19.1 Å². The number of anilines is 2. The van der Waals surface area contributed by atoms with Crippen molar-refractivity contribution in [1.82, 2.24) is 9.97 Å². The number of rotatable bonds is 8. The Bertz CT molecular complexity index is 586. The average Bonchev–Trinajstić information content (AvgIpc) is 2.86. The Morgan fingerprint density at radius 1 is 1.45 bits per heavy atom. The molecule has 0 aliphatic rings. The van der Waals surface area contributed by atoms with E-state index in [1.165, 1.54) is 0 Å². The molecule has 1 amide bonds. The van der Waals surface area contributed by atoms with Gasteiger partial charge < -0.3 is 21.1 Å². The van der Waals surface area contributed by atoms with E-state index in [4.69, 9.17) is 10.5 Å². The molecule has 2 heterocycles. The van der Waals surface area contributed by atoms with Crippen LogP contribution in [0, 0.1) is 0 Å². The van der Waals surface area contributed by atoms with E-state index in [9.17, 15) is 4.79 Å². The lowest BCUT2D eigenvalue weighted by Gasteiger charge is -2.09. The van der Waals surface area contributed by atoms with Crippen molar-refractivity contribution in [3.05, 3.63) is 11.4 Å². The fraction of sp³-hybridized carbons (Fsp3) is 0.417. The highest BCUT2D eigenvalue weighted by atomic mass is 32.1. The fourth-order valence-corrected chi connectivity index (χ4v) is 2.41. The maximum Gasteiger partial charge on any atom is 0.243 e. The van der Waals surface area contributed by atoms with Crippen LogP contribution in [0.3, 0.4) is 0 Å². The van der Waals surface area contributed by atoms with Gasteiger partial charge >= 0.3 is 0 Å². The largest absolute Gasteiger partial charge is 0.370 e. The number of aromatic nitrogens is 2. The average molecular weight is 295 g/mol. The van der Waals surface area contributed by atoms with Crippen molar-refractivity contribution >= 4 is 39.2 Å². The molecule has 0 fully saturated rings. The first kappa shape index (κ1) is 14.5. The molecule has 2 aromatic rings. The lowest BCUT2D eigenvalue weighted by molar-refractivity contribution is -0.122. The molecule has 0 aliphatic carbocycles. The van der Waals surface area contributed by atoms with Gasteiger partial charge in [0.05, 0.1) is 12.0 Å². The number of nitrogens with zero attached hydrogens (tertiary/aromatic N) is 2. The van der Waals surface area contributed by atoms with Crippen LogP contribution in [0.4, 0.5) is 11.8 Å². The second kappa shape index (κ2) is 7.01. The quantitative estimate of drug-likeness (QED) is 0.629. The normalized spacial score (nSPS) is 10.7. The molecule has 108 valence electrons. The summed E-state index contributed by atoms with van der Waals surface area (Å²) in [5.74, 6) is 0.888. The van der Waals surface area contributed by atoms with Gasteiger partial charge in [-0.15, -0.1) is 11.3 Å². The molecule has 0 unspecified atom stereocenters. The molecule has 7 nitrogen and oxygen atoms in total. The molecule has 0 atom stereocenters. The Kier molecular flexibility index (Phi) is 5.08. The number of nitrogens with one attached hydrogen (secondary N) is 2. The zero-order chi connectivity index (χ0) is 14.4. The van der Waals surface area contributed by atoms with E-state index >= 15 is 0 Å². The SMILES string of the molecule is CCNc1nc(NCCOCC(N)=O)c2ccsc2n1. The van der Waals surface area contributed by atoms with Gasteiger partial charge in [0.1, 0.15) is 17.3 Å². The minimum atomic E-state index is -0.471. The number of thiophene rings is 1. The van der Waals surface area contributed by atoms with Gasteiger partial charge in [0.15, 0.2) is 0 Å². The molecule has 8 heteroatoms. The molecule has 2 rings (SSSR count). The van der Waals surface area contributed by atoms with E-state index < -0.39 is 5.91 Å². The van der Waals surface area contributed by atoms with Gasteiger partial charge in [-0.05, 0) is 18.4 Å². The van der Waals surface area contributed by atoms with Crippen molar-refractivity contribution < 1.29 is 9.53 Å². The molecule has 4 N–H and O–H groups in total. The topological polar surface area (TPSA) is 102 Å². The van der Waals surface area contributed by atoms with E-state index in [0.717, 1.165) is 22.6 Å². The van der Waals surface area contributed by atoms with E-state index in [1.54, 1.807) is 11.3 Å². The molecule has 0 saturated heterocycles. The molecule has 0 aliphatic heterocycles. The van der Waals surface area contributed by atoms with Crippen molar-refractivity contribution in [3.8, 4) is 0 Å². The van der Waals surface area contributed by atoms with Crippen molar-refractivity contribution in [2.45, 2.75) is 6.92 Å². The predicted octanol–water partition coefficient (Wildman–Crippen LogP) is 1.04. The number of hydrogen-bond donors (Lipinski definition) is 3. The third-order valence-corrected chi connectivity index (χ3v) is 3.25. The standard InChI is InChI=1S/C12H17N5O2S/c1-2-14-12-16-10(8-3-6-20-11(8)17-12)15-4-5-19-7-9(13)18/h3,6H,2,4-5,7H2,1H3,(H2,13,18)(H2,14,15,16,17). The molecule has 20 heavy (non-hydrogen) atoms. The number of hydrogen-bond acceptors (Lipinski definition) is 7. The highest BCUT2D eigenvalue weighted by molar-refractivity contribution is 7.16. The Morgan fingerprint density at radius 3 is 3.05 bits per heavy atom. The third kappa shape index (κ3) is 3.78. The van der Waals surface area contributed by atoms with Crippen LogP contribution >= 0.6 is 11.3 Å². The summed E-state index contributed by atoms with van der Waals surface area (Å²) < 4.78 is 5.09. The lowest BCUT2D eigenvalue weighted by atomic mass is 10.4. The van der Waals surface area contributed by atoms with Crippen LogP contribution in [0.25, 0.3) is 10.2 Å². The molecular formula is C12H17N5O2S. The monoisotopic (exact) mass is 295 g/mol. The van der Waals surface area contributed by atoms with Gasteiger partial charge in [-0.25, -0.2) is 4.98 Å². The van der Waals surface area contributed by atoms with E-state index in [-0.39, 0.29) is 6.61 Å². The molecule has 0 spiro atoms. The van der Waals surface area contributed by atoms with Crippen LogP contribution in [0.5, 0.6) is 0 Å². The summed E-state index contributed by atoms with van der Waals surface area (Å²) in [6.45, 7) is 3.61. The third-order valence-electron chi connectivity index (χ3n) is 2.44. The maximum atomic E-state index is 10.5. The van der Waals surface area contributed by atoms with Crippen molar-refractivity contribution in [2.24, 2.45) is 5.73 Å². The number of primary amides is 1. The first-order valence-corrected chi connectivity index (χ1v) is 7.17. The minimum absolute atomic E-state index is 0.0675. The highest BCUT2D eigenvalue weighted by Gasteiger charge is 2.08. The highest BCUT2D eigenvalue weighted by Crippen LogP contribution is 2.26. The number of fused-ring (bicyclic) bond motifs is 1. The first-order chi connectivity index (χ1) is 9.70. The second-order valence-corrected chi connectivity index (χ2v) is 4.91. The van der Waals surface area contributed by atoms with E-state index in [2.05, 4.69) is 20.6 Å². The zero-order valence-corrected chi connectivity index (χ0v) is 12.0. The van der Waals surface area contributed by atoms with Crippen LogP contribution < -0.4 is 16.4 Å². The number of amides is 1. The van der Waals surface area contributed by atoms with Gasteiger partial charge in [-0.1, -0.05) is 0 Å². The minimum Gasteiger partial charge on any atom is -0.370 e. The maximum absolute atomic E-state index is 10.5. The molecular weight excluding hydrogens is 278 g/mol. The van der Waals surface area contributed by atoms with Crippen LogP contribution in [-0.4, -0.2) is 42.2 Å². The summed E-state index contributed by atoms with van der Waals surface area (Å²) in [5, 5.41) is 9.24. The fourth-order valence-electron chi connectivity index (χ4n) is 1.64. The Labute approximate surface area is 120 Å². The van der Waals surface area contributed by atoms with Crippen LogP contribution in [0.15, 0.2) is 11.4 Å². The van der Waals surface area contributed by atoms with E-state index in [1.807, 2.05) is 18.4 Å². The van der Waals surface area contributed by atoms with Gasteiger partial charge in [0, 0.05) is 13.1 Å². The Balaban J connectivity index is 2.00. The Hall–Kier alpha value is -1.93.